The molecular formula is C18H20N2O6S. The molecule has 0 spiro atoms. The Kier molecular flexibility index (Phi) is 6.02. The second kappa shape index (κ2) is 8.45. The van der Waals surface area contributed by atoms with Crippen LogP contribution < -0.4 is 4.74 Å². The van der Waals surface area contributed by atoms with Crippen molar-refractivity contribution in [3.8, 4) is 11.5 Å². The molecule has 27 heavy (non-hydrogen) atoms. The fourth-order valence-corrected chi connectivity index (χ4v) is 3.58. The van der Waals surface area contributed by atoms with E-state index < -0.39 is 11.1 Å². The summed E-state index contributed by atoms with van der Waals surface area (Å²) in [6.45, 7) is 3.67. The first-order valence-electron chi connectivity index (χ1n) is 8.57. The molecule has 1 N–H and O–H groups in total. The van der Waals surface area contributed by atoms with Gasteiger partial charge in [0.25, 0.3) is 11.1 Å². The number of thioether (sulfide) groups is 1. The van der Waals surface area contributed by atoms with Gasteiger partial charge in [0.15, 0.2) is 11.5 Å². The highest BCUT2D eigenvalue weighted by Gasteiger charge is 2.37. The van der Waals surface area contributed by atoms with Gasteiger partial charge in [-0.3, -0.25) is 19.3 Å². The van der Waals surface area contributed by atoms with Gasteiger partial charge in [-0.2, -0.15) is 0 Å². The van der Waals surface area contributed by atoms with Crippen molar-refractivity contribution >= 4 is 34.9 Å². The fourth-order valence-electron chi connectivity index (χ4n) is 2.75. The van der Waals surface area contributed by atoms with Crippen LogP contribution in [-0.2, 0) is 14.3 Å². The Bertz CT molecular complexity index is 788. The lowest BCUT2D eigenvalue weighted by Gasteiger charge is -2.28. The van der Waals surface area contributed by atoms with Gasteiger partial charge in [0.05, 0.1) is 24.7 Å². The number of aromatic hydroxyl groups is 1. The third-order valence-corrected chi connectivity index (χ3v) is 5.05. The van der Waals surface area contributed by atoms with Crippen LogP contribution in [0.5, 0.6) is 11.5 Å². The zero-order chi connectivity index (χ0) is 19.4. The van der Waals surface area contributed by atoms with E-state index in [2.05, 4.69) is 0 Å². The number of morpholine rings is 1. The summed E-state index contributed by atoms with van der Waals surface area (Å²) in [5.74, 6) is -0.639. The van der Waals surface area contributed by atoms with Crippen LogP contribution in [0, 0.1) is 0 Å². The summed E-state index contributed by atoms with van der Waals surface area (Å²) < 4.78 is 10.5. The van der Waals surface area contributed by atoms with Gasteiger partial charge in [-0.15, -0.1) is 0 Å². The molecule has 0 aliphatic carbocycles. The number of nitrogens with zero attached hydrogens (tertiary/aromatic N) is 2. The van der Waals surface area contributed by atoms with Crippen LogP contribution in [-0.4, -0.2) is 71.4 Å². The number of para-hydroxylation sites is 1. The Morgan fingerprint density at radius 2 is 2.07 bits per heavy atom. The average molecular weight is 392 g/mol. The number of hydrogen-bond donors (Lipinski definition) is 1. The number of amides is 3. The van der Waals surface area contributed by atoms with Gasteiger partial charge in [-0.25, -0.2) is 0 Å². The molecule has 0 saturated carbocycles. The number of hydrogen-bond acceptors (Lipinski definition) is 7. The van der Waals surface area contributed by atoms with Crippen molar-refractivity contribution in [2.75, 3.05) is 39.5 Å². The van der Waals surface area contributed by atoms with Gasteiger partial charge in [0, 0.05) is 18.7 Å². The molecule has 0 radical (unpaired) electrons. The second-order valence-electron chi connectivity index (χ2n) is 5.89. The summed E-state index contributed by atoms with van der Waals surface area (Å²) >= 11 is 0.744. The van der Waals surface area contributed by atoms with Crippen LogP contribution in [0.15, 0.2) is 23.1 Å². The Morgan fingerprint density at radius 1 is 1.33 bits per heavy atom. The topological polar surface area (TPSA) is 96.4 Å². The van der Waals surface area contributed by atoms with E-state index >= 15 is 0 Å². The highest BCUT2D eigenvalue weighted by molar-refractivity contribution is 8.18. The number of carbonyl (C=O) groups is 3. The van der Waals surface area contributed by atoms with Crippen LogP contribution in [0.2, 0.25) is 0 Å². The third kappa shape index (κ3) is 4.25. The summed E-state index contributed by atoms with van der Waals surface area (Å²) in [6, 6.07) is 4.91. The number of phenolic OH excluding ortho intramolecular Hbond substituents is 1. The first-order chi connectivity index (χ1) is 13.0. The molecule has 2 aliphatic heterocycles. The Balaban J connectivity index is 1.75. The molecular weight excluding hydrogens is 372 g/mol. The Hall–Kier alpha value is -2.52. The number of phenols is 1. The normalized spacial score (nSPS) is 19.1. The predicted octanol–water partition coefficient (Wildman–Crippen LogP) is 1.69. The smallest absolute Gasteiger partial charge is 0.294 e. The first-order valence-corrected chi connectivity index (χ1v) is 9.38. The number of ether oxygens (including phenoxy) is 2. The molecule has 0 aromatic heterocycles. The van der Waals surface area contributed by atoms with E-state index in [4.69, 9.17) is 9.47 Å². The average Bonchev–Trinajstić information content (AvgIpc) is 2.93. The molecule has 8 nitrogen and oxygen atoms in total. The molecule has 3 rings (SSSR count). The van der Waals surface area contributed by atoms with Gasteiger partial charge in [0.1, 0.15) is 6.54 Å². The van der Waals surface area contributed by atoms with Crippen LogP contribution in [0.4, 0.5) is 4.79 Å². The Labute approximate surface area is 160 Å². The molecule has 0 bridgehead atoms. The van der Waals surface area contributed by atoms with Crippen LogP contribution >= 0.6 is 11.8 Å². The maximum Gasteiger partial charge on any atom is 0.294 e. The fraction of sp³-hybridized carbons (Fsp3) is 0.389. The van der Waals surface area contributed by atoms with E-state index in [1.807, 2.05) is 0 Å². The van der Waals surface area contributed by atoms with E-state index in [9.17, 15) is 19.5 Å². The van der Waals surface area contributed by atoms with Gasteiger partial charge < -0.3 is 19.5 Å². The van der Waals surface area contributed by atoms with Gasteiger partial charge >= 0.3 is 0 Å². The summed E-state index contributed by atoms with van der Waals surface area (Å²) in [4.78, 5) is 39.7. The van der Waals surface area contributed by atoms with Crippen molar-refractivity contribution in [1.82, 2.24) is 9.80 Å². The monoisotopic (exact) mass is 392 g/mol. The van der Waals surface area contributed by atoms with Crippen molar-refractivity contribution in [1.29, 1.82) is 0 Å². The lowest BCUT2D eigenvalue weighted by molar-refractivity contribution is -0.139. The number of carbonyl (C=O) groups excluding carboxylic acids is 3. The summed E-state index contributed by atoms with van der Waals surface area (Å²) in [5, 5.41) is 9.75. The largest absolute Gasteiger partial charge is 0.504 e. The van der Waals surface area contributed by atoms with E-state index in [0.717, 1.165) is 16.7 Å². The Morgan fingerprint density at radius 3 is 2.78 bits per heavy atom. The maximum atomic E-state index is 12.6. The lowest BCUT2D eigenvalue weighted by atomic mass is 10.1. The van der Waals surface area contributed by atoms with Crippen molar-refractivity contribution < 1.29 is 29.0 Å². The van der Waals surface area contributed by atoms with Gasteiger partial charge in [-0.05, 0) is 30.8 Å². The minimum Gasteiger partial charge on any atom is -0.504 e. The molecule has 2 aliphatic rings. The van der Waals surface area contributed by atoms with E-state index in [1.54, 1.807) is 30.0 Å². The molecule has 144 valence electrons. The lowest BCUT2D eigenvalue weighted by Crippen LogP contribution is -2.46. The van der Waals surface area contributed by atoms with Crippen LogP contribution in [0.3, 0.4) is 0 Å². The van der Waals surface area contributed by atoms with Gasteiger partial charge in [-0.1, -0.05) is 12.1 Å². The summed E-state index contributed by atoms with van der Waals surface area (Å²) in [7, 11) is 0. The third-order valence-electron chi connectivity index (χ3n) is 4.15. The minimum atomic E-state index is -0.548. The number of benzene rings is 1. The number of rotatable bonds is 5. The molecule has 1 aromatic rings. The van der Waals surface area contributed by atoms with Crippen molar-refractivity contribution in [2.24, 2.45) is 0 Å². The van der Waals surface area contributed by atoms with E-state index in [1.165, 1.54) is 6.08 Å². The van der Waals surface area contributed by atoms with Crippen molar-refractivity contribution in [3.63, 3.8) is 0 Å². The van der Waals surface area contributed by atoms with Crippen molar-refractivity contribution in [3.05, 3.63) is 28.7 Å². The SMILES string of the molecule is CCOc1cccc(/C=C2/SC(=O)N(CC(=O)N3CCOCC3)C2=O)c1O. The summed E-state index contributed by atoms with van der Waals surface area (Å²) in [5.41, 5.74) is 0.367. The summed E-state index contributed by atoms with van der Waals surface area (Å²) in [6.07, 6.45) is 1.43. The first kappa shape index (κ1) is 19.2. The quantitative estimate of drug-likeness (QED) is 0.762. The molecule has 2 saturated heterocycles. The molecule has 0 atom stereocenters. The maximum absolute atomic E-state index is 12.6. The highest BCUT2D eigenvalue weighted by atomic mass is 32.2. The van der Waals surface area contributed by atoms with Gasteiger partial charge in [0.2, 0.25) is 5.91 Å². The zero-order valence-electron chi connectivity index (χ0n) is 14.8. The van der Waals surface area contributed by atoms with Crippen molar-refractivity contribution in [2.45, 2.75) is 6.92 Å². The van der Waals surface area contributed by atoms with E-state index in [0.29, 0.717) is 44.2 Å². The molecule has 0 unspecified atom stereocenters. The molecule has 1 aromatic carbocycles. The zero-order valence-corrected chi connectivity index (χ0v) is 15.7. The second-order valence-corrected chi connectivity index (χ2v) is 6.88. The standard InChI is InChI=1S/C18H20N2O6S/c1-2-26-13-5-3-4-12(16(13)22)10-14-17(23)20(18(24)27-14)11-15(21)19-6-8-25-9-7-19/h3-5,10,22H,2,6-9,11H2,1H3/b14-10+. The molecule has 3 amide bonds. The predicted molar refractivity (Wildman–Crippen MR) is 99.4 cm³/mol. The van der Waals surface area contributed by atoms with Crippen LogP contribution in [0.1, 0.15) is 12.5 Å². The molecule has 2 fully saturated rings. The molecule has 9 heteroatoms. The molecule has 2 heterocycles. The van der Waals surface area contributed by atoms with E-state index in [-0.39, 0.29) is 23.1 Å². The number of imide groups is 1. The minimum absolute atomic E-state index is 0.101. The van der Waals surface area contributed by atoms with Crippen LogP contribution in [0.25, 0.3) is 6.08 Å². The highest BCUT2D eigenvalue weighted by Crippen LogP contribution is 2.36.